The van der Waals surface area contributed by atoms with E-state index in [1.165, 1.54) is 4.90 Å². The van der Waals surface area contributed by atoms with Gasteiger partial charge in [-0.2, -0.15) is 4.31 Å². The van der Waals surface area contributed by atoms with Crippen LogP contribution in [-0.4, -0.2) is 14.4 Å². The maximum atomic E-state index is 13.4. The monoisotopic (exact) mass is 392 g/mol. The fraction of sp³-hybridized carbons (Fsp3) is 0.136. The Labute approximate surface area is 164 Å². The molecule has 0 aromatic heterocycles. The third-order valence-electron chi connectivity index (χ3n) is 4.78. The Morgan fingerprint density at radius 1 is 0.821 bits per heavy atom. The van der Waals surface area contributed by atoms with Gasteiger partial charge in [-0.1, -0.05) is 54.1 Å². The van der Waals surface area contributed by atoms with Crippen LogP contribution in [-0.2, 0) is 16.6 Å². The molecule has 4 rings (SSSR count). The molecule has 0 radical (unpaired) electrons. The highest BCUT2D eigenvalue weighted by molar-refractivity contribution is 7.94. The zero-order valence-electron chi connectivity index (χ0n) is 15.7. The molecule has 0 fully saturated rings. The number of carbonyl (C=O) groups is 1. The Morgan fingerprint density at radius 3 is 2.25 bits per heavy atom. The summed E-state index contributed by atoms with van der Waals surface area (Å²) < 4.78 is 27.4. The van der Waals surface area contributed by atoms with Gasteiger partial charge in [-0.25, -0.2) is 13.2 Å². The molecule has 0 aliphatic carbocycles. The first kappa shape index (κ1) is 18.3. The normalized spacial score (nSPS) is 15.4. The van der Waals surface area contributed by atoms with Crippen LogP contribution in [0.1, 0.15) is 16.7 Å². The second kappa shape index (κ2) is 6.80. The molecule has 6 heteroatoms. The lowest BCUT2D eigenvalue weighted by Crippen LogP contribution is -2.50. The van der Waals surface area contributed by atoms with Crippen LogP contribution in [0.4, 0.5) is 16.2 Å². The minimum absolute atomic E-state index is 0.128. The van der Waals surface area contributed by atoms with Crippen molar-refractivity contribution >= 4 is 27.4 Å². The predicted molar refractivity (Wildman–Crippen MR) is 110 cm³/mol. The topological polar surface area (TPSA) is 57.7 Å². The van der Waals surface area contributed by atoms with Gasteiger partial charge in [-0.15, -0.1) is 0 Å². The van der Waals surface area contributed by atoms with Crippen LogP contribution in [0, 0.1) is 13.8 Å². The average molecular weight is 392 g/mol. The van der Waals surface area contributed by atoms with Crippen molar-refractivity contribution < 1.29 is 13.2 Å². The minimum Gasteiger partial charge on any atom is -0.287 e. The molecule has 0 N–H and O–H groups in total. The quantitative estimate of drug-likeness (QED) is 0.652. The van der Waals surface area contributed by atoms with Crippen LogP contribution in [0.2, 0.25) is 0 Å². The number of hydrogen-bond acceptors (Lipinski definition) is 3. The minimum atomic E-state index is -3.99. The van der Waals surface area contributed by atoms with Crippen molar-refractivity contribution in [3.63, 3.8) is 0 Å². The Bertz CT molecular complexity index is 1150. The van der Waals surface area contributed by atoms with Crippen LogP contribution >= 0.6 is 0 Å². The van der Waals surface area contributed by atoms with E-state index in [0.717, 1.165) is 21.0 Å². The fourth-order valence-corrected chi connectivity index (χ4v) is 4.93. The van der Waals surface area contributed by atoms with Crippen LogP contribution < -0.4 is 9.21 Å². The van der Waals surface area contributed by atoms with Crippen molar-refractivity contribution in [1.82, 2.24) is 0 Å². The smallest absolute Gasteiger partial charge is 0.287 e. The Morgan fingerprint density at radius 2 is 1.54 bits per heavy atom. The summed E-state index contributed by atoms with van der Waals surface area (Å²) in [6.45, 7) is 4.15. The highest BCUT2D eigenvalue weighted by Gasteiger charge is 2.42. The van der Waals surface area contributed by atoms with Gasteiger partial charge < -0.3 is 0 Å². The fourth-order valence-electron chi connectivity index (χ4n) is 3.34. The molecule has 0 bridgehead atoms. The number of hydrogen-bond donors (Lipinski definition) is 0. The second-order valence-corrected chi connectivity index (χ2v) is 8.69. The third kappa shape index (κ3) is 3.05. The molecule has 2 amide bonds. The van der Waals surface area contributed by atoms with E-state index in [0.29, 0.717) is 11.4 Å². The van der Waals surface area contributed by atoms with Gasteiger partial charge in [0.1, 0.15) is 4.90 Å². The average Bonchev–Trinajstić information content (AvgIpc) is 2.67. The van der Waals surface area contributed by atoms with Gasteiger partial charge in [-0.3, -0.25) is 4.90 Å². The first-order valence-corrected chi connectivity index (χ1v) is 10.4. The van der Waals surface area contributed by atoms with E-state index in [2.05, 4.69) is 0 Å². The molecule has 0 saturated heterocycles. The van der Waals surface area contributed by atoms with Gasteiger partial charge in [-0.05, 0) is 49.2 Å². The number of rotatable bonds is 3. The number of urea groups is 1. The van der Waals surface area contributed by atoms with Crippen LogP contribution in [0.3, 0.4) is 0 Å². The molecule has 5 nitrogen and oxygen atoms in total. The molecule has 0 saturated carbocycles. The number of sulfonamides is 1. The lowest BCUT2D eigenvalue weighted by molar-refractivity contribution is 0.253. The molecular weight excluding hydrogens is 372 g/mol. The highest BCUT2D eigenvalue weighted by Crippen LogP contribution is 2.38. The summed E-state index contributed by atoms with van der Waals surface area (Å²) in [5.74, 6) is 0. The molecule has 3 aromatic rings. The van der Waals surface area contributed by atoms with Crippen molar-refractivity contribution in [3.05, 3.63) is 89.5 Å². The Balaban J connectivity index is 1.86. The van der Waals surface area contributed by atoms with Crippen LogP contribution in [0.15, 0.2) is 77.7 Å². The molecule has 28 heavy (non-hydrogen) atoms. The number of carbonyl (C=O) groups excluding carboxylic acids is 1. The summed E-state index contributed by atoms with van der Waals surface area (Å²) in [6, 6.07) is 20.9. The maximum absolute atomic E-state index is 13.4. The van der Waals surface area contributed by atoms with E-state index in [4.69, 9.17) is 0 Å². The van der Waals surface area contributed by atoms with Crippen LogP contribution in [0.25, 0.3) is 0 Å². The molecule has 1 aliphatic heterocycles. The summed E-state index contributed by atoms with van der Waals surface area (Å²) in [5, 5.41) is 0. The van der Waals surface area contributed by atoms with Crippen LogP contribution in [0.5, 0.6) is 0 Å². The zero-order chi connectivity index (χ0) is 19.9. The van der Waals surface area contributed by atoms with Gasteiger partial charge in [0, 0.05) is 0 Å². The van der Waals surface area contributed by atoms with E-state index in [9.17, 15) is 13.2 Å². The molecule has 3 aromatic carbocycles. The summed E-state index contributed by atoms with van der Waals surface area (Å²) >= 11 is 0. The van der Waals surface area contributed by atoms with E-state index in [1.807, 2.05) is 44.2 Å². The lowest BCUT2D eigenvalue weighted by atomic mass is 10.1. The SMILES string of the molecule is Cc1ccc(CN2C(=O)N(c3cccc(C)c3)S(=O)(=O)c3ccccc32)cc1. The highest BCUT2D eigenvalue weighted by atomic mass is 32.2. The third-order valence-corrected chi connectivity index (χ3v) is 6.53. The largest absolute Gasteiger partial charge is 0.343 e. The number of amides is 2. The van der Waals surface area contributed by atoms with E-state index in [1.54, 1.807) is 42.5 Å². The van der Waals surface area contributed by atoms with Gasteiger partial charge in [0.2, 0.25) is 0 Å². The van der Waals surface area contributed by atoms with Crippen molar-refractivity contribution in [2.45, 2.75) is 25.3 Å². The van der Waals surface area contributed by atoms with E-state index >= 15 is 0 Å². The number of fused-ring (bicyclic) bond motifs is 1. The molecule has 142 valence electrons. The summed E-state index contributed by atoms with van der Waals surface area (Å²) in [6.07, 6.45) is 0. The Kier molecular flexibility index (Phi) is 4.43. The number of anilines is 2. The molecule has 0 atom stereocenters. The van der Waals surface area contributed by atoms with Gasteiger partial charge in [0.05, 0.1) is 17.9 Å². The molecule has 1 heterocycles. The summed E-state index contributed by atoms with van der Waals surface area (Å²) in [5.41, 5.74) is 3.67. The van der Waals surface area contributed by atoms with Crippen molar-refractivity contribution in [2.75, 3.05) is 9.21 Å². The van der Waals surface area contributed by atoms with E-state index < -0.39 is 16.1 Å². The summed E-state index contributed by atoms with van der Waals surface area (Å²) in [7, 11) is -3.99. The summed E-state index contributed by atoms with van der Waals surface area (Å²) in [4.78, 5) is 15.0. The van der Waals surface area contributed by atoms with Gasteiger partial charge >= 0.3 is 6.03 Å². The number of benzene rings is 3. The number of para-hydroxylation sites is 1. The first-order chi connectivity index (χ1) is 13.4. The van der Waals surface area contributed by atoms with Gasteiger partial charge in [0.15, 0.2) is 0 Å². The molecule has 0 spiro atoms. The molecular formula is C22H20N2O3S. The van der Waals surface area contributed by atoms with Gasteiger partial charge in [0.25, 0.3) is 10.0 Å². The predicted octanol–water partition coefficient (Wildman–Crippen LogP) is 4.64. The van der Waals surface area contributed by atoms with E-state index in [-0.39, 0.29) is 11.4 Å². The standard InChI is InChI=1S/C22H20N2O3S/c1-16-10-12-18(13-11-16)15-23-20-8-3-4-9-21(20)28(26,27)24(22(23)25)19-7-5-6-17(2)14-19/h3-14H,15H2,1-2H3. The van der Waals surface area contributed by atoms with Crippen molar-refractivity contribution in [2.24, 2.45) is 0 Å². The second-order valence-electron chi connectivity index (χ2n) is 6.93. The Hall–Kier alpha value is -3.12. The number of nitrogens with zero attached hydrogens (tertiary/aromatic N) is 2. The molecule has 0 unspecified atom stereocenters. The maximum Gasteiger partial charge on any atom is 0.343 e. The van der Waals surface area contributed by atoms with Crippen molar-refractivity contribution in [1.29, 1.82) is 0 Å². The lowest BCUT2D eigenvalue weighted by Gasteiger charge is -2.36. The zero-order valence-corrected chi connectivity index (χ0v) is 16.5. The molecule has 1 aliphatic rings. The number of aryl methyl sites for hydroxylation is 2. The first-order valence-electron chi connectivity index (χ1n) is 8.96. The van der Waals surface area contributed by atoms with Crippen molar-refractivity contribution in [3.8, 4) is 0 Å².